The Morgan fingerprint density at radius 1 is 1.48 bits per heavy atom. The number of hydrogen-bond donors (Lipinski definition) is 1. The standard InChI is InChI=1S/C16H22ClNO3/c1-11(19)12-3-2-4-18(7-12)8-13-5-15(17)6-14-9-20-10-21-16(13)14/h5-6,11-12,19H,2-4,7-10H2,1H3. The van der Waals surface area contributed by atoms with Gasteiger partial charge in [-0.1, -0.05) is 11.6 Å². The van der Waals surface area contributed by atoms with Crippen LogP contribution >= 0.6 is 11.6 Å². The first-order valence-corrected chi connectivity index (χ1v) is 7.93. The summed E-state index contributed by atoms with van der Waals surface area (Å²) < 4.78 is 11.0. The Balaban J connectivity index is 1.76. The van der Waals surface area contributed by atoms with Crippen molar-refractivity contribution < 1.29 is 14.6 Å². The monoisotopic (exact) mass is 311 g/mol. The summed E-state index contributed by atoms with van der Waals surface area (Å²) in [6.07, 6.45) is 1.99. The maximum Gasteiger partial charge on any atom is 0.189 e. The van der Waals surface area contributed by atoms with E-state index in [1.165, 1.54) is 0 Å². The van der Waals surface area contributed by atoms with Gasteiger partial charge in [0.05, 0.1) is 12.7 Å². The van der Waals surface area contributed by atoms with Crippen LogP contribution in [0.4, 0.5) is 0 Å². The predicted molar refractivity (Wildman–Crippen MR) is 81.4 cm³/mol. The van der Waals surface area contributed by atoms with E-state index in [0.717, 1.165) is 54.4 Å². The van der Waals surface area contributed by atoms with Crippen LogP contribution in [0, 0.1) is 5.92 Å². The van der Waals surface area contributed by atoms with Crippen LogP contribution in [0.15, 0.2) is 12.1 Å². The number of aliphatic hydroxyl groups is 1. The molecule has 1 N–H and O–H groups in total. The van der Waals surface area contributed by atoms with Crippen molar-refractivity contribution in [1.29, 1.82) is 0 Å². The van der Waals surface area contributed by atoms with Crippen molar-refractivity contribution in [2.24, 2.45) is 5.92 Å². The summed E-state index contributed by atoms with van der Waals surface area (Å²) in [6, 6.07) is 3.89. The van der Waals surface area contributed by atoms with Crippen molar-refractivity contribution >= 4 is 11.6 Å². The van der Waals surface area contributed by atoms with Gasteiger partial charge in [-0.05, 0) is 44.4 Å². The molecule has 2 unspecified atom stereocenters. The highest BCUT2D eigenvalue weighted by Crippen LogP contribution is 2.33. The van der Waals surface area contributed by atoms with E-state index in [-0.39, 0.29) is 6.10 Å². The Morgan fingerprint density at radius 3 is 3.14 bits per heavy atom. The fourth-order valence-corrected chi connectivity index (χ4v) is 3.51. The SMILES string of the molecule is CC(O)C1CCCN(Cc2cc(Cl)cc3c2OCOC3)C1. The minimum atomic E-state index is -0.245. The number of benzene rings is 1. The molecule has 0 saturated carbocycles. The summed E-state index contributed by atoms with van der Waals surface area (Å²) in [5.74, 6) is 1.28. The van der Waals surface area contributed by atoms with E-state index in [4.69, 9.17) is 21.1 Å². The largest absolute Gasteiger partial charge is 0.467 e. The molecule has 2 heterocycles. The summed E-state index contributed by atoms with van der Waals surface area (Å²) in [7, 11) is 0. The molecule has 2 aliphatic heterocycles. The maximum atomic E-state index is 9.81. The molecule has 2 atom stereocenters. The molecule has 1 aromatic carbocycles. The van der Waals surface area contributed by atoms with Crippen molar-refractivity contribution in [1.82, 2.24) is 4.90 Å². The molecule has 0 aromatic heterocycles. The molecule has 0 aliphatic carbocycles. The maximum absolute atomic E-state index is 9.81. The van der Waals surface area contributed by atoms with Crippen LogP contribution in [-0.2, 0) is 17.9 Å². The number of likely N-dealkylation sites (tertiary alicyclic amines) is 1. The quantitative estimate of drug-likeness (QED) is 0.932. The summed E-state index contributed by atoms with van der Waals surface area (Å²) in [4.78, 5) is 2.38. The Kier molecular flexibility index (Phi) is 4.69. The fourth-order valence-electron chi connectivity index (χ4n) is 3.24. The van der Waals surface area contributed by atoms with Gasteiger partial charge in [0.25, 0.3) is 0 Å². The van der Waals surface area contributed by atoms with E-state index < -0.39 is 0 Å². The third kappa shape index (κ3) is 3.51. The number of nitrogens with zero attached hydrogens (tertiary/aromatic N) is 1. The molecule has 3 rings (SSSR count). The second-order valence-corrected chi connectivity index (χ2v) is 6.48. The minimum absolute atomic E-state index is 0.245. The molecule has 1 saturated heterocycles. The van der Waals surface area contributed by atoms with Crippen LogP contribution < -0.4 is 4.74 Å². The average Bonchev–Trinajstić information content (AvgIpc) is 2.47. The molecule has 0 amide bonds. The van der Waals surface area contributed by atoms with Gasteiger partial charge >= 0.3 is 0 Å². The van der Waals surface area contributed by atoms with Crippen molar-refractivity contribution in [3.63, 3.8) is 0 Å². The van der Waals surface area contributed by atoms with E-state index in [9.17, 15) is 5.11 Å². The minimum Gasteiger partial charge on any atom is -0.467 e. The van der Waals surface area contributed by atoms with E-state index in [1.807, 2.05) is 19.1 Å². The Labute approximate surface area is 130 Å². The number of halogens is 1. The molecule has 1 aromatic rings. The fraction of sp³-hybridized carbons (Fsp3) is 0.625. The first-order chi connectivity index (χ1) is 10.1. The molecule has 5 heteroatoms. The molecule has 4 nitrogen and oxygen atoms in total. The van der Waals surface area contributed by atoms with Crippen LogP contribution in [0.1, 0.15) is 30.9 Å². The topological polar surface area (TPSA) is 41.9 Å². The summed E-state index contributed by atoms with van der Waals surface area (Å²) in [5.41, 5.74) is 2.14. The third-order valence-corrected chi connectivity index (χ3v) is 4.59. The molecule has 1 fully saturated rings. The first-order valence-electron chi connectivity index (χ1n) is 7.56. The number of aliphatic hydroxyl groups excluding tert-OH is 1. The Morgan fingerprint density at radius 2 is 2.33 bits per heavy atom. The zero-order chi connectivity index (χ0) is 14.8. The van der Waals surface area contributed by atoms with E-state index in [2.05, 4.69) is 4.90 Å². The van der Waals surface area contributed by atoms with Crippen LogP contribution in [0.2, 0.25) is 5.02 Å². The number of fused-ring (bicyclic) bond motifs is 1. The van der Waals surface area contributed by atoms with E-state index in [1.54, 1.807) is 0 Å². The first kappa shape index (κ1) is 15.1. The van der Waals surface area contributed by atoms with Gasteiger partial charge < -0.3 is 14.6 Å². The number of ether oxygens (including phenoxy) is 2. The molecule has 0 bridgehead atoms. The van der Waals surface area contributed by atoms with Crippen molar-refractivity contribution in [2.75, 3.05) is 19.9 Å². The summed E-state index contributed by atoms with van der Waals surface area (Å²) in [5, 5.41) is 10.5. The normalized spacial score (nSPS) is 24.2. The van der Waals surface area contributed by atoms with Crippen LogP contribution in [0.5, 0.6) is 5.75 Å². The Bertz CT molecular complexity index is 507. The molecule has 2 aliphatic rings. The van der Waals surface area contributed by atoms with E-state index in [0.29, 0.717) is 19.3 Å². The van der Waals surface area contributed by atoms with Crippen molar-refractivity contribution in [3.05, 3.63) is 28.3 Å². The van der Waals surface area contributed by atoms with Crippen molar-refractivity contribution in [3.8, 4) is 5.75 Å². The summed E-state index contributed by atoms with van der Waals surface area (Å²) >= 11 is 6.21. The predicted octanol–water partition coefficient (Wildman–Crippen LogP) is 2.80. The Hall–Kier alpha value is -0.810. The van der Waals surface area contributed by atoms with Gasteiger partial charge in [0.1, 0.15) is 5.75 Å². The lowest BCUT2D eigenvalue weighted by molar-refractivity contribution is -0.0178. The lowest BCUT2D eigenvalue weighted by Crippen LogP contribution is -2.39. The molecule has 116 valence electrons. The van der Waals surface area contributed by atoms with E-state index >= 15 is 0 Å². The zero-order valence-electron chi connectivity index (χ0n) is 12.3. The molecule has 0 spiro atoms. The lowest BCUT2D eigenvalue weighted by Gasteiger charge is -2.34. The summed E-state index contributed by atoms with van der Waals surface area (Å²) in [6.45, 7) is 5.54. The second-order valence-electron chi connectivity index (χ2n) is 6.04. The van der Waals surface area contributed by atoms with Gasteiger partial charge in [-0.25, -0.2) is 0 Å². The average molecular weight is 312 g/mol. The van der Waals surface area contributed by atoms with Crippen LogP contribution in [0.3, 0.4) is 0 Å². The molecular weight excluding hydrogens is 290 g/mol. The van der Waals surface area contributed by atoms with Crippen LogP contribution in [-0.4, -0.2) is 36.0 Å². The second kappa shape index (κ2) is 6.53. The molecular formula is C16H22ClNO3. The highest BCUT2D eigenvalue weighted by molar-refractivity contribution is 6.30. The lowest BCUT2D eigenvalue weighted by atomic mass is 9.93. The number of piperidine rings is 1. The van der Waals surface area contributed by atoms with Crippen molar-refractivity contribution in [2.45, 2.75) is 39.0 Å². The number of rotatable bonds is 3. The van der Waals surface area contributed by atoms with Gasteiger partial charge in [-0.2, -0.15) is 0 Å². The number of hydrogen-bond acceptors (Lipinski definition) is 4. The van der Waals surface area contributed by atoms with Crippen LogP contribution in [0.25, 0.3) is 0 Å². The zero-order valence-corrected chi connectivity index (χ0v) is 13.1. The third-order valence-electron chi connectivity index (χ3n) is 4.37. The van der Waals surface area contributed by atoms with Gasteiger partial charge in [0.2, 0.25) is 0 Å². The highest BCUT2D eigenvalue weighted by atomic mass is 35.5. The smallest absolute Gasteiger partial charge is 0.189 e. The van der Waals surface area contributed by atoms with Gasteiger partial charge in [0, 0.05) is 29.2 Å². The van der Waals surface area contributed by atoms with Gasteiger partial charge in [0.15, 0.2) is 6.79 Å². The van der Waals surface area contributed by atoms with Gasteiger partial charge in [-0.15, -0.1) is 0 Å². The van der Waals surface area contributed by atoms with Gasteiger partial charge in [-0.3, -0.25) is 4.90 Å². The highest BCUT2D eigenvalue weighted by Gasteiger charge is 2.25. The molecule has 0 radical (unpaired) electrons. The molecule has 21 heavy (non-hydrogen) atoms.